The summed E-state index contributed by atoms with van der Waals surface area (Å²) >= 11 is 0. The molecule has 0 amide bonds. The molecular weight excluding hydrogens is 351 g/mol. The Kier molecular flexibility index (Phi) is 4.32. The fourth-order valence-electron chi connectivity index (χ4n) is 2.20. The van der Waals surface area contributed by atoms with Crippen molar-refractivity contribution in [2.24, 2.45) is 0 Å². The van der Waals surface area contributed by atoms with Crippen molar-refractivity contribution in [3.05, 3.63) is 59.0 Å². The van der Waals surface area contributed by atoms with Crippen molar-refractivity contribution >= 4 is 32.4 Å². The maximum Gasteiger partial charge on any atom is 0.229 e. The summed E-state index contributed by atoms with van der Waals surface area (Å²) in [5, 5.41) is 0.0348. The summed E-state index contributed by atoms with van der Waals surface area (Å²) in [6, 6.07) is 11.2. The third kappa shape index (κ3) is 3.72. The van der Waals surface area contributed by atoms with Gasteiger partial charge in [0.2, 0.25) is 15.5 Å². The van der Waals surface area contributed by atoms with Crippen molar-refractivity contribution in [1.29, 1.82) is 0 Å². The third-order valence-electron chi connectivity index (χ3n) is 3.24. The van der Waals surface area contributed by atoms with Crippen LogP contribution in [0.1, 0.15) is 0 Å². The molecule has 0 radical (unpaired) electrons. The summed E-state index contributed by atoms with van der Waals surface area (Å²) in [5.41, 5.74) is 0.397. The van der Waals surface area contributed by atoms with Crippen molar-refractivity contribution in [2.75, 3.05) is 16.5 Å². The number of rotatable bonds is 5. The van der Waals surface area contributed by atoms with Crippen molar-refractivity contribution in [3.63, 3.8) is 0 Å². The fourth-order valence-corrected chi connectivity index (χ4v) is 2.76. The highest BCUT2D eigenvalue weighted by Crippen LogP contribution is 2.34. The normalized spacial score (nSPS) is 11.3. The van der Waals surface area contributed by atoms with Gasteiger partial charge in [-0.1, -0.05) is 18.2 Å². The average Bonchev–Trinajstić information content (AvgIpc) is 2.56. The first-order chi connectivity index (χ1) is 11.9. The van der Waals surface area contributed by atoms with Crippen LogP contribution in [0.5, 0.6) is 11.5 Å². The predicted octanol–water partition coefficient (Wildman–Crippen LogP) is 3.25. The maximum atomic E-state index is 12.6. The lowest BCUT2D eigenvalue weighted by Crippen LogP contribution is -2.11. The number of ether oxygens (including phenoxy) is 1. The number of fused-ring (bicyclic) bond motifs is 1. The Balaban J connectivity index is 2.20. The minimum Gasteiger partial charge on any atom is -0.462 e. The van der Waals surface area contributed by atoms with Crippen molar-refractivity contribution < 1.29 is 22.1 Å². The quantitative estimate of drug-likeness (QED) is 0.675. The molecule has 0 aliphatic carbocycles. The molecule has 9 heteroatoms. The zero-order valence-electron chi connectivity index (χ0n) is 12.9. The van der Waals surface area contributed by atoms with Gasteiger partial charge in [0.05, 0.1) is 17.3 Å². The Morgan fingerprint density at radius 3 is 2.48 bits per heavy atom. The van der Waals surface area contributed by atoms with Gasteiger partial charge in [-0.2, -0.15) is 0 Å². The first-order valence-corrected chi connectivity index (χ1v) is 8.93. The molecule has 0 bridgehead atoms. The van der Waals surface area contributed by atoms with Crippen LogP contribution < -0.4 is 20.4 Å². The van der Waals surface area contributed by atoms with Crippen LogP contribution in [0.4, 0.5) is 15.9 Å². The molecule has 1 aromatic heterocycles. The van der Waals surface area contributed by atoms with E-state index in [0.29, 0.717) is 5.75 Å². The van der Waals surface area contributed by atoms with E-state index >= 15 is 0 Å². The highest BCUT2D eigenvalue weighted by Gasteiger charge is 2.16. The number of hydrogen-bond acceptors (Lipinski definition) is 6. The van der Waals surface area contributed by atoms with E-state index in [-0.39, 0.29) is 28.1 Å². The standard InChI is InChI=1S/C16H13FN2O5S/c1-25(21,22)19-12-8-14-11(16(20)13(18-17)9-23-14)7-15(12)24-10-5-3-2-4-6-10/h2-9,18-19H,1H3. The third-order valence-corrected chi connectivity index (χ3v) is 3.83. The molecule has 3 rings (SSSR count). The van der Waals surface area contributed by atoms with Crippen LogP contribution >= 0.6 is 0 Å². The summed E-state index contributed by atoms with van der Waals surface area (Å²) in [7, 11) is -3.61. The van der Waals surface area contributed by atoms with Crippen LogP contribution in [-0.2, 0) is 10.0 Å². The molecule has 25 heavy (non-hydrogen) atoms. The first kappa shape index (κ1) is 16.8. The van der Waals surface area contributed by atoms with Crippen LogP contribution in [0, 0.1) is 0 Å². The highest BCUT2D eigenvalue weighted by atomic mass is 32.2. The minimum absolute atomic E-state index is 0.0348. The zero-order chi connectivity index (χ0) is 18.0. The Bertz CT molecular complexity index is 1080. The molecule has 0 saturated heterocycles. The molecular formula is C16H13FN2O5S. The monoisotopic (exact) mass is 364 g/mol. The number of nitrogens with one attached hydrogen (secondary N) is 2. The number of sulfonamides is 1. The number of halogens is 1. The van der Waals surface area contributed by atoms with Gasteiger partial charge in [-0.15, -0.1) is 4.48 Å². The predicted molar refractivity (Wildman–Crippen MR) is 92.2 cm³/mol. The molecule has 0 aliphatic rings. The van der Waals surface area contributed by atoms with Gasteiger partial charge in [-0.3, -0.25) is 9.52 Å². The Morgan fingerprint density at radius 2 is 1.84 bits per heavy atom. The fraction of sp³-hybridized carbons (Fsp3) is 0.0625. The lowest BCUT2D eigenvalue weighted by molar-refractivity contribution is 0.485. The number of anilines is 2. The van der Waals surface area contributed by atoms with E-state index in [1.54, 1.807) is 30.3 Å². The van der Waals surface area contributed by atoms with Gasteiger partial charge in [-0.05, 0) is 18.2 Å². The number of para-hydroxylation sites is 1. The van der Waals surface area contributed by atoms with Crippen molar-refractivity contribution in [3.8, 4) is 11.5 Å². The molecule has 2 N–H and O–H groups in total. The molecule has 3 aromatic rings. The van der Waals surface area contributed by atoms with Gasteiger partial charge < -0.3 is 9.15 Å². The van der Waals surface area contributed by atoms with Gasteiger partial charge in [0.1, 0.15) is 23.3 Å². The lowest BCUT2D eigenvalue weighted by Gasteiger charge is -2.13. The average molecular weight is 364 g/mol. The largest absolute Gasteiger partial charge is 0.462 e. The van der Waals surface area contributed by atoms with Gasteiger partial charge in [0, 0.05) is 6.07 Å². The maximum absolute atomic E-state index is 12.6. The van der Waals surface area contributed by atoms with Crippen LogP contribution in [0.3, 0.4) is 0 Å². The minimum atomic E-state index is -3.61. The molecule has 2 aromatic carbocycles. The Labute approximate surface area is 142 Å². The van der Waals surface area contributed by atoms with E-state index in [0.717, 1.165) is 12.5 Å². The van der Waals surface area contributed by atoms with Crippen LogP contribution in [0.2, 0.25) is 0 Å². The number of hydrogen-bond donors (Lipinski definition) is 2. The van der Waals surface area contributed by atoms with E-state index in [4.69, 9.17) is 9.15 Å². The van der Waals surface area contributed by atoms with E-state index in [9.17, 15) is 17.7 Å². The van der Waals surface area contributed by atoms with Gasteiger partial charge in [0.15, 0.2) is 5.75 Å². The van der Waals surface area contributed by atoms with Crippen LogP contribution in [0.15, 0.2) is 57.9 Å². The molecule has 0 atom stereocenters. The van der Waals surface area contributed by atoms with E-state index in [2.05, 4.69) is 4.72 Å². The van der Waals surface area contributed by atoms with Gasteiger partial charge in [-0.25, -0.2) is 14.0 Å². The summed E-state index contributed by atoms with van der Waals surface area (Å²) < 4.78 is 49.0. The lowest BCUT2D eigenvalue weighted by atomic mass is 10.2. The summed E-state index contributed by atoms with van der Waals surface area (Å²) in [4.78, 5) is 12.2. The summed E-state index contributed by atoms with van der Waals surface area (Å²) in [5.74, 6) is 0.509. The van der Waals surface area contributed by atoms with Gasteiger partial charge >= 0.3 is 0 Å². The van der Waals surface area contributed by atoms with Crippen molar-refractivity contribution in [1.82, 2.24) is 0 Å². The van der Waals surface area contributed by atoms with E-state index in [1.807, 2.05) is 0 Å². The highest BCUT2D eigenvalue weighted by molar-refractivity contribution is 7.92. The second-order valence-electron chi connectivity index (χ2n) is 5.21. The summed E-state index contributed by atoms with van der Waals surface area (Å²) in [6.45, 7) is 0. The SMILES string of the molecule is CS(=O)(=O)Nc1cc2occ(NF)c(=O)c2cc1Oc1ccccc1. The first-order valence-electron chi connectivity index (χ1n) is 7.04. The Hall–Kier alpha value is -3.07. The molecule has 0 unspecified atom stereocenters. The molecule has 7 nitrogen and oxygen atoms in total. The molecule has 1 heterocycles. The van der Waals surface area contributed by atoms with E-state index < -0.39 is 15.5 Å². The Morgan fingerprint density at radius 1 is 1.12 bits per heavy atom. The van der Waals surface area contributed by atoms with E-state index in [1.165, 1.54) is 17.7 Å². The van der Waals surface area contributed by atoms with Crippen LogP contribution in [0.25, 0.3) is 11.0 Å². The van der Waals surface area contributed by atoms with Gasteiger partial charge in [0.25, 0.3) is 0 Å². The molecule has 0 spiro atoms. The molecule has 0 fully saturated rings. The second-order valence-corrected chi connectivity index (χ2v) is 6.96. The molecule has 130 valence electrons. The van der Waals surface area contributed by atoms with Crippen LogP contribution in [-0.4, -0.2) is 14.7 Å². The molecule has 0 aliphatic heterocycles. The molecule has 0 saturated carbocycles. The smallest absolute Gasteiger partial charge is 0.229 e. The topological polar surface area (TPSA) is 97.6 Å². The summed E-state index contributed by atoms with van der Waals surface area (Å²) in [6.07, 6.45) is 1.89. The van der Waals surface area contributed by atoms with Crippen molar-refractivity contribution in [2.45, 2.75) is 0 Å². The number of benzene rings is 2. The second kappa shape index (κ2) is 6.44. The zero-order valence-corrected chi connectivity index (χ0v) is 13.8.